The second kappa shape index (κ2) is 5.45. The summed E-state index contributed by atoms with van der Waals surface area (Å²) in [6, 6.07) is 6.39. The lowest BCUT2D eigenvalue weighted by molar-refractivity contribution is 0.293. The third-order valence-electron chi connectivity index (χ3n) is 4.42. The van der Waals surface area contributed by atoms with Crippen molar-refractivity contribution in [2.45, 2.75) is 50.5 Å². The van der Waals surface area contributed by atoms with Gasteiger partial charge in [-0.2, -0.15) is 0 Å². The minimum absolute atomic E-state index is 0.129. The Hall–Kier alpha value is -0.540. The third kappa shape index (κ3) is 3.14. The molecular formula is C16H22BrNO. The van der Waals surface area contributed by atoms with Gasteiger partial charge in [0.15, 0.2) is 0 Å². The van der Waals surface area contributed by atoms with Crippen LogP contribution in [0.15, 0.2) is 22.7 Å². The van der Waals surface area contributed by atoms with E-state index < -0.39 is 0 Å². The Morgan fingerprint density at radius 1 is 1.21 bits per heavy atom. The maximum absolute atomic E-state index is 6.57. The largest absolute Gasteiger partial charge is 0.492 e. The number of ether oxygens (including phenoxy) is 1. The Morgan fingerprint density at radius 2 is 1.95 bits per heavy atom. The fourth-order valence-electron chi connectivity index (χ4n) is 2.89. The lowest BCUT2D eigenvalue weighted by Crippen LogP contribution is -2.38. The van der Waals surface area contributed by atoms with E-state index in [1.807, 2.05) is 0 Å². The number of hydrogen-bond donors (Lipinski definition) is 1. The zero-order valence-corrected chi connectivity index (χ0v) is 12.9. The van der Waals surface area contributed by atoms with E-state index in [0.717, 1.165) is 35.6 Å². The number of hydrogen-bond acceptors (Lipinski definition) is 2. The molecule has 2 fully saturated rings. The molecule has 19 heavy (non-hydrogen) atoms. The monoisotopic (exact) mass is 323 g/mol. The van der Waals surface area contributed by atoms with Crippen molar-refractivity contribution in [1.29, 1.82) is 0 Å². The van der Waals surface area contributed by atoms with E-state index in [1.165, 1.54) is 37.7 Å². The molecule has 2 nitrogen and oxygen atoms in total. The summed E-state index contributed by atoms with van der Waals surface area (Å²) in [5, 5.41) is 0. The molecule has 104 valence electrons. The van der Waals surface area contributed by atoms with Crippen LogP contribution in [0, 0.1) is 5.92 Å². The molecule has 1 aromatic rings. The summed E-state index contributed by atoms with van der Waals surface area (Å²) in [5.74, 6) is 1.74. The van der Waals surface area contributed by atoms with E-state index in [4.69, 9.17) is 10.5 Å². The normalized spacial score (nSPS) is 22.2. The third-order valence-corrected chi connectivity index (χ3v) is 5.04. The van der Waals surface area contributed by atoms with Crippen LogP contribution in [-0.4, -0.2) is 6.61 Å². The Bertz CT molecular complexity index is 450. The number of halogens is 1. The van der Waals surface area contributed by atoms with Gasteiger partial charge in [-0.15, -0.1) is 0 Å². The van der Waals surface area contributed by atoms with Crippen molar-refractivity contribution in [3.05, 3.63) is 28.2 Å². The van der Waals surface area contributed by atoms with Gasteiger partial charge in [0, 0.05) is 5.54 Å². The minimum Gasteiger partial charge on any atom is -0.492 e. The summed E-state index contributed by atoms with van der Waals surface area (Å²) in [4.78, 5) is 0. The molecule has 1 aromatic carbocycles. The van der Waals surface area contributed by atoms with Crippen LogP contribution in [0.3, 0.4) is 0 Å². The second-order valence-corrected chi connectivity index (χ2v) is 6.97. The van der Waals surface area contributed by atoms with Gasteiger partial charge >= 0.3 is 0 Å². The average Bonchev–Trinajstić information content (AvgIpc) is 3.22. The van der Waals surface area contributed by atoms with E-state index in [-0.39, 0.29) is 5.54 Å². The van der Waals surface area contributed by atoms with Gasteiger partial charge in [0.2, 0.25) is 0 Å². The number of benzene rings is 1. The molecule has 0 aliphatic heterocycles. The fraction of sp³-hybridized carbons (Fsp3) is 0.625. The molecule has 0 amide bonds. The lowest BCUT2D eigenvalue weighted by Gasteiger charge is -2.34. The molecule has 0 spiro atoms. The van der Waals surface area contributed by atoms with Gasteiger partial charge in [0.05, 0.1) is 11.1 Å². The van der Waals surface area contributed by atoms with E-state index in [2.05, 4.69) is 34.1 Å². The van der Waals surface area contributed by atoms with Crippen molar-refractivity contribution < 1.29 is 4.74 Å². The van der Waals surface area contributed by atoms with Gasteiger partial charge in [-0.3, -0.25) is 0 Å². The summed E-state index contributed by atoms with van der Waals surface area (Å²) in [7, 11) is 0. The van der Waals surface area contributed by atoms with E-state index in [9.17, 15) is 0 Å². The van der Waals surface area contributed by atoms with Crippen LogP contribution in [0.25, 0.3) is 0 Å². The highest BCUT2D eigenvalue weighted by atomic mass is 79.9. The van der Waals surface area contributed by atoms with Crippen LogP contribution in [-0.2, 0) is 5.54 Å². The van der Waals surface area contributed by atoms with Crippen LogP contribution in [0.4, 0.5) is 0 Å². The van der Waals surface area contributed by atoms with Crippen LogP contribution in [0.5, 0.6) is 5.75 Å². The van der Waals surface area contributed by atoms with Crippen molar-refractivity contribution in [3.8, 4) is 5.75 Å². The first-order valence-corrected chi connectivity index (χ1v) is 8.18. The van der Waals surface area contributed by atoms with E-state index in [1.54, 1.807) is 0 Å². The predicted molar refractivity (Wildman–Crippen MR) is 81.3 cm³/mol. The average molecular weight is 324 g/mol. The summed E-state index contributed by atoms with van der Waals surface area (Å²) in [6.45, 7) is 0.853. The standard InChI is InChI=1S/C16H22BrNO/c17-14-10-13(16(18)8-2-1-3-9-16)6-7-15(14)19-11-12-4-5-12/h6-7,10,12H,1-5,8-9,11,18H2. The highest BCUT2D eigenvalue weighted by molar-refractivity contribution is 9.10. The zero-order chi connectivity index (χ0) is 13.3. The number of nitrogens with two attached hydrogens (primary N) is 1. The van der Waals surface area contributed by atoms with Crippen molar-refractivity contribution in [1.82, 2.24) is 0 Å². The molecule has 3 rings (SSSR count). The maximum Gasteiger partial charge on any atom is 0.133 e. The van der Waals surface area contributed by atoms with Crippen molar-refractivity contribution in [3.63, 3.8) is 0 Å². The molecular weight excluding hydrogens is 302 g/mol. The highest BCUT2D eigenvalue weighted by Crippen LogP contribution is 2.38. The summed E-state index contributed by atoms with van der Waals surface area (Å²) in [6.07, 6.45) is 8.65. The zero-order valence-electron chi connectivity index (χ0n) is 11.3. The van der Waals surface area contributed by atoms with Crippen molar-refractivity contribution in [2.75, 3.05) is 6.61 Å². The second-order valence-electron chi connectivity index (χ2n) is 6.12. The molecule has 0 radical (unpaired) electrons. The SMILES string of the molecule is NC1(c2ccc(OCC3CC3)c(Br)c2)CCCCC1. The molecule has 0 aromatic heterocycles. The molecule has 0 heterocycles. The Kier molecular flexibility index (Phi) is 3.86. The molecule has 0 saturated heterocycles. The molecule has 2 N–H and O–H groups in total. The minimum atomic E-state index is -0.129. The van der Waals surface area contributed by atoms with Gasteiger partial charge in [-0.25, -0.2) is 0 Å². The predicted octanol–water partition coefficient (Wildman–Crippen LogP) is 4.36. The van der Waals surface area contributed by atoms with Gasteiger partial charge in [-0.05, 0) is 65.2 Å². The molecule has 2 aliphatic rings. The molecule has 2 saturated carbocycles. The summed E-state index contributed by atoms with van der Waals surface area (Å²) in [5.41, 5.74) is 7.69. The fourth-order valence-corrected chi connectivity index (χ4v) is 3.38. The quantitative estimate of drug-likeness (QED) is 0.893. The smallest absolute Gasteiger partial charge is 0.133 e. The first-order valence-electron chi connectivity index (χ1n) is 7.39. The molecule has 0 unspecified atom stereocenters. The van der Waals surface area contributed by atoms with E-state index >= 15 is 0 Å². The van der Waals surface area contributed by atoms with Gasteiger partial charge in [-0.1, -0.05) is 25.3 Å². The maximum atomic E-state index is 6.57. The first kappa shape index (κ1) is 13.4. The van der Waals surface area contributed by atoms with Crippen LogP contribution >= 0.6 is 15.9 Å². The Labute approximate surface area is 123 Å². The van der Waals surface area contributed by atoms with Crippen LogP contribution in [0.2, 0.25) is 0 Å². The summed E-state index contributed by atoms with van der Waals surface area (Å²) < 4.78 is 6.89. The molecule has 0 atom stereocenters. The Balaban J connectivity index is 1.73. The lowest BCUT2D eigenvalue weighted by atomic mass is 9.77. The van der Waals surface area contributed by atoms with Gasteiger partial charge in [0.1, 0.15) is 5.75 Å². The van der Waals surface area contributed by atoms with Crippen molar-refractivity contribution >= 4 is 15.9 Å². The molecule has 0 bridgehead atoms. The van der Waals surface area contributed by atoms with Crippen LogP contribution < -0.4 is 10.5 Å². The first-order chi connectivity index (χ1) is 9.17. The van der Waals surface area contributed by atoms with Crippen molar-refractivity contribution in [2.24, 2.45) is 11.7 Å². The topological polar surface area (TPSA) is 35.2 Å². The Morgan fingerprint density at radius 3 is 2.58 bits per heavy atom. The summed E-state index contributed by atoms with van der Waals surface area (Å²) >= 11 is 3.63. The highest BCUT2D eigenvalue weighted by Gasteiger charge is 2.30. The number of rotatable bonds is 4. The van der Waals surface area contributed by atoms with Gasteiger partial charge in [0.25, 0.3) is 0 Å². The van der Waals surface area contributed by atoms with Gasteiger partial charge < -0.3 is 10.5 Å². The molecule has 3 heteroatoms. The molecule has 2 aliphatic carbocycles. The van der Waals surface area contributed by atoms with E-state index in [0.29, 0.717) is 0 Å². The van der Waals surface area contributed by atoms with Crippen LogP contribution in [0.1, 0.15) is 50.5 Å².